The van der Waals surface area contributed by atoms with Gasteiger partial charge in [-0.15, -0.1) is 11.8 Å². The van der Waals surface area contributed by atoms with Crippen LogP contribution in [0.25, 0.3) is 0 Å². The second kappa shape index (κ2) is 5.32. The summed E-state index contributed by atoms with van der Waals surface area (Å²) in [5.41, 5.74) is 0.891. The summed E-state index contributed by atoms with van der Waals surface area (Å²) in [6, 6.07) is 10.1. The summed E-state index contributed by atoms with van der Waals surface area (Å²) in [6.45, 7) is 0. The maximum absolute atomic E-state index is 12.9. The van der Waals surface area contributed by atoms with Gasteiger partial charge in [-0.05, 0) is 30.3 Å². The topological polar surface area (TPSA) is 12.9 Å². The number of hydrogen-bond donors (Lipinski definition) is 0. The Morgan fingerprint density at radius 2 is 2.12 bits per heavy atom. The van der Waals surface area contributed by atoms with E-state index in [0.29, 0.717) is 10.8 Å². The molecule has 0 saturated carbocycles. The molecule has 1 aromatic carbocycles. The molecule has 0 saturated heterocycles. The lowest BCUT2D eigenvalue weighted by Crippen LogP contribution is -1.85. The van der Waals surface area contributed by atoms with Crippen molar-refractivity contribution in [2.75, 3.05) is 0 Å². The van der Waals surface area contributed by atoms with Gasteiger partial charge in [-0.2, -0.15) is 0 Å². The average Bonchev–Trinajstić information content (AvgIpc) is 2.27. The Hall–Kier alpha value is -1.06. The first-order chi connectivity index (χ1) is 7.74. The van der Waals surface area contributed by atoms with E-state index in [4.69, 9.17) is 11.6 Å². The minimum Gasteiger partial charge on any atom is -0.260 e. The van der Waals surface area contributed by atoms with Crippen molar-refractivity contribution in [3.63, 3.8) is 0 Å². The van der Waals surface area contributed by atoms with Crippen molar-refractivity contribution < 1.29 is 4.39 Å². The molecule has 2 aromatic rings. The van der Waals surface area contributed by atoms with Crippen LogP contribution in [0.5, 0.6) is 0 Å². The fourth-order valence-electron chi connectivity index (χ4n) is 1.24. The zero-order chi connectivity index (χ0) is 11.4. The largest absolute Gasteiger partial charge is 0.260 e. The van der Waals surface area contributed by atoms with Crippen molar-refractivity contribution in [2.45, 2.75) is 10.6 Å². The van der Waals surface area contributed by atoms with Gasteiger partial charge in [-0.25, -0.2) is 4.39 Å². The third kappa shape index (κ3) is 3.22. The minimum absolute atomic E-state index is 0.218. The van der Waals surface area contributed by atoms with Crippen molar-refractivity contribution in [1.82, 2.24) is 4.98 Å². The van der Waals surface area contributed by atoms with Crippen LogP contribution in [0.3, 0.4) is 0 Å². The second-order valence-corrected chi connectivity index (χ2v) is 4.70. The molecule has 16 heavy (non-hydrogen) atoms. The summed E-state index contributed by atoms with van der Waals surface area (Å²) in [5.74, 6) is 0.466. The summed E-state index contributed by atoms with van der Waals surface area (Å²) in [5, 5.41) is 0.671. The molecule has 0 spiro atoms. The Morgan fingerprint density at radius 3 is 2.88 bits per heavy atom. The molecule has 0 unspecified atom stereocenters. The highest BCUT2D eigenvalue weighted by Gasteiger charge is 1.99. The van der Waals surface area contributed by atoms with Crippen LogP contribution in [0.4, 0.5) is 4.39 Å². The monoisotopic (exact) mass is 253 g/mol. The first kappa shape index (κ1) is 11.4. The van der Waals surface area contributed by atoms with Gasteiger partial charge in [-0.1, -0.05) is 17.7 Å². The lowest BCUT2D eigenvalue weighted by atomic mass is 10.3. The van der Waals surface area contributed by atoms with E-state index in [0.717, 1.165) is 10.6 Å². The van der Waals surface area contributed by atoms with E-state index in [1.54, 1.807) is 18.3 Å². The lowest BCUT2D eigenvalue weighted by Gasteiger charge is -2.01. The number of benzene rings is 1. The molecule has 82 valence electrons. The van der Waals surface area contributed by atoms with Crippen LogP contribution in [0, 0.1) is 5.82 Å². The molecular weight excluding hydrogens is 245 g/mol. The number of rotatable bonds is 3. The lowest BCUT2D eigenvalue weighted by molar-refractivity contribution is 0.624. The molecule has 0 bridgehead atoms. The zero-order valence-corrected chi connectivity index (χ0v) is 9.93. The van der Waals surface area contributed by atoms with E-state index in [1.807, 2.05) is 12.1 Å². The Labute approximate surface area is 103 Å². The van der Waals surface area contributed by atoms with E-state index in [9.17, 15) is 4.39 Å². The van der Waals surface area contributed by atoms with Gasteiger partial charge in [0, 0.05) is 21.9 Å². The van der Waals surface area contributed by atoms with Gasteiger partial charge in [0.25, 0.3) is 0 Å². The van der Waals surface area contributed by atoms with Crippen molar-refractivity contribution in [3.8, 4) is 0 Å². The maximum Gasteiger partial charge on any atom is 0.124 e. The predicted octanol–water partition coefficient (Wildman–Crippen LogP) is 4.17. The number of halogens is 2. The summed E-state index contributed by atoms with van der Waals surface area (Å²) < 4.78 is 12.9. The molecule has 4 heteroatoms. The summed E-state index contributed by atoms with van der Waals surface area (Å²) in [6.07, 6.45) is 1.67. The van der Waals surface area contributed by atoms with Gasteiger partial charge in [-0.3, -0.25) is 4.98 Å². The Bertz CT molecular complexity index is 444. The van der Waals surface area contributed by atoms with Crippen molar-refractivity contribution in [1.29, 1.82) is 0 Å². The molecule has 0 amide bonds. The SMILES string of the molecule is Fc1cccc(SCc2cc(Cl)ccn2)c1. The van der Waals surface area contributed by atoms with E-state index in [1.165, 1.54) is 23.9 Å². The summed E-state index contributed by atoms with van der Waals surface area (Å²) in [4.78, 5) is 5.07. The van der Waals surface area contributed by atoms with Crippen LogP contribution in [0.1, 0.15) is 5.69 Å². The first-order valence-corrected chi connectivity index (χ1v) is 6.09. The molecule has 0 N–H and O–H groups in total. The molecule has 1 nitrogen and oxygen atoms in total. The quantitative estimate of drug-likeness (QED) is 0.762. The fourth-order valence-corrected chi connectivity index (χ4v) is 2.27. The standard InChI is InChI=1S/C12H9ClFNS/c13-9-4-5-15-11(6-9)8-16-12-3-1-2-10(14)7-12/h1-7H,8H2. The van der Waals surface area contributed by atoms with Crippen molar-refractivity contribution in [3.05, 3.63) is 59.1 Å². The average molecular weight is 254 g/mol. The smallest absolute Gasteiger partial charge is 0.124 e. The van der Waals surface area contributed by atoms with Crippen LogP contribution < -0.4 is 0 Å². The Morgan fingerprint density at radius 1 is 1.25 bits per heavy atom. The third-order valence-corrected chi connectivity index (χ3v) is 3.22. The van der Waals surface area contributed by atoms with Gasteiger partial charge in [0.2, 0.25) is 0 Å². The number of thioether (sulfide) groups is 1. The predicted molar refractivity (Wildman–Crippen MR) is 65.2 cm³/mol. The van der Waals surface area contributed by atoms with Crippen LogP contribution in [-0.2, 0) is 5.75 Å². The number of aromatic nitrogens is 1. The highest BCUT2D eigenvalue weighted by atomic mass is 35.5. The van der Waals surface area contributed by atoms with Crippen LogP contribution in [-0.4, -0.2) is 4.98 Å². The number of pyridine rings is 1. The molecular formula is C12H9ClFNS. The molecule has 0 aliphatic heterocycles. The van der Waals surface area contributed by atoms with Gasteiger partial charge in [0.1, 0.15) is 5.82 Å². The zero-order valence-electron chi connectivity index (χ0n) is 8.36. The van der Waals surface area contributed by atoms with Gasteiger partial charge in [0.05, 0.1) is 5.69 Å². The first-order valence-electron chi connectivity index (χ1n) is 4.73. The molecule has 0 aliphatic carbocycles. The third-order valence-electron chi connectivity index (χ3n) is 1.96. The fraction of sp³-hybridized carbons (Fsp3) is 0.0833. The van der Waals surface area contributed by atoms with E-state index < -0.39 is 0 Å². The van der Waals surface area contributed by atoms with Crippen LogP contribution in [0.2, 0.25) is 5.02 Å². The second-order valence-electron chi connectivity index (χ2n) is 3.21. The molecule has 1 aromatic heterocycles. The van der Waals surface area contributed by atoms with Crippen molar-refractivity contribution in [2.24, 2.45) is 0 Å². The van der Waals surface area contributed by atoms with Gasteiger partial charge < -0.3 is 0 Å². The Kier molecular flexibility index (Phi) is 3.80. The summed E-state index contributed by atoms with van der Waals surface area (Å²) >= 11 is 7.38. The Balaban J connectivity index is 2.02. The van der Waals surface area contributed by atoms with Crippen molar-refractivity contribution >= 4 is 23.4 Å². The van der Waals surface area contributed by atoms with Gasteiger partial charge >= 0.3 is 0 Å². The molecule has 2 rings (SSSR count). The normalized spacial score (nSPS) is 10.4. The molecule has 0 fully saturated rings. The van der Waals surface area contributed by atoms with E-state index in [-0.39, 0.29) is 5.82 Å². The molecule has 0 atom stereocenters. The maximum atomic E-state index is 12.9. The van der Waals surface area contributed by atoms with Crippen LogP contribution >= 0.6 is 23.4 Å². The molecule has 0 aliphatic rings. The number of hydrogen-bond acceptors (Lipinski definition) is 2. The molecule has 0 radical (unpaired) electrons. The highest BCUT2D eigenvalue weighted by Crippen LogP contribution is 2.23. The van der Waals surface area contributed by atoms with Gasteiger partial charge in [0.15, 0.2) is 0 Å². The summed E-state index contributed by atoms with van der Waals surface area (Å²) in [7, 11) is 0. The highest BCUT2D eigenvalue weighted by molar-refractivity contribution is 7.98. The van der Waals surface area contributed by atoms with Crippen LogP contribution in [0.15, 0.2) is 47.5 Å². The van der Waals surface area contributed by atoms with E-state index in [2.05, 4.69) is 4.98 Å². The van der Waals surface area contributed by atoms with E-state index >= 15 is 0 Å². The minimum atomic E-state index is -0.218. The number of nitrogens with zero attached hydrogens (tertiary/aromatic N) is 1. The molecule has 1 heterocycles.